The number of esters is 1. The summed E-state index contributed by atoms with van der Waals surface area (Å²) in [5, 5.41) is 65.8. The maximum absolute atomic E-state index is 11.9. The zero-order valence-corrected chi connectivity index (χ0v) is 11.6. The lowest BCUT2D eigenvalue weighted by Gasteiger charge is -2.39. The van der Waals surface area contributed by atoms with Crippen molar-refractivity contribution in [2.24, 2.45) is 0 Å². The molecular formula is C13H16O10. The minimum absolute atomic E-state index is 0.366. The highest BCUT2D eigenvalue weighted by Gasteiger charge is 2.45. The Morgan fingerprint density at radius 2 is 1.61 bits per heavy atom. The van der Waals surface area contributed by atoms with Gasteiger partial charge < -0.3 is 45.2 Å². The normalized spacial score (nSPS) is 30.9. The van der Waals surface area contributed by atoms with Gasteiger partial charge in [-0.3, -0.25) is 0 Å². The van der Waals surface area contributed by atoms with Gasteiger partial charge in [0.2, 0.25) is 6.29 Å². The van der Waals surface area contributed by atoms with Crippen LogP contribution in [0.3, 0.4) is 0 Å². The molecule has 23 heavy (non-hydrogen) atoms. The first-order valence-corrected chi connectivity index (χ1v) is 6.52. The van der Waals surface area contributed by atoms with Crippen LogP contribution in [0.15, 0.2) is 12.1 Å². The Morgan fingerprint density at radius 1 is 1.04 bits per heavy atom. The highest BCUT2D eigenvalue weighted by atomic mass is 16.7. The number of carbonyl (C=O) groups excluding carboxylic acids is 1. The monoisotopic (exact) mass is 332 g/mol. The van der Waals surface area contributed by atoms with Crippen LogP contribution in [0.2, 0.25) is 0 Å². The van der Waals surface area contributed by atoms with Gasteiger partial charge >= 0.3 is 5.97 Å². The number of aliphatic hydroxyl groups excluding tert-OH is 4. The minimum Gasteiger partial charge on any atom is -0.504 e. The van der Waals surface area contributed by atoms with Gasteiger partial charge in [0.05, 0.1) is 12.2 Å². The van der Waals surface area contributed by atoms with Gasteiger partial charge in [0, 0.05) is 0 Å². The summed E-state index contributed by atoms with van der Waals surface area (Å²) in [6, 6.07) is 1.61. The van der Waals surface area contributed by atoms with Crippen LogP contribution in [0.4, 0.5) is 0 Å². The average Bonchev–Trinajstić information content (AvgIpc) is 2.52. The largest absolute Gasteiger partial charge is 0.504 e. The molecule has 10 nitrogen and oxygen atoms in total. The number of hydrogen-bond donors (Lipinski definition) is 7. The van der Waals surface area contributed by atoms with Gasteiger partial charge in [-0.25, -0.2) is 4.79 Å². The Bertz CT molecular complexity index is 563. The molecule has 0 amide bonds. The summed E-state index contributed by atoms with van der Waals surface area (Å²) < 4.78 is 9.77. The first-order chi connectivity index (χ1) is 10.8. The third kappa shape index (κ3) is 3.30. The van der Waals surface area contributed by atoms with Crippen molar-refractivity contribution in [3.05, 3.63) is 17.7 Å². The van der Waals surface area contributed by atoms with E-state index in [2.05, 4.69) is 0 Å². The SMILES string of the molecule is O=C(O[C@H]1O[C@@H](CO)[C@@H](O)[C@@H](O)[C@@H]1O)c1cc(O)c(O)c(O)c1. The van der Waals surface area contributed by atoms with Crippen LogP contribution in [0, 0.1) is 0 Å². The Morgan fingerprint density at radius 3 is 2.13 bits per heavy atom. The number of ether oxygens (including phenoxy) is 2. The smallest absolute Gasteiger partial charge is 0.340 e. The molecule has 1 aromatic carbocycles. The fraction of sp³-hybridized carbons (Fsp3) is 0.462. The van der Waals surface area contributed by atoms with Gasteiger partial charge in [-0.05, 0) is 12.1 Å². The fourth-order valence-electron chi connectivity index (χ4n) is 2.06. The number of rotatable bonds is 3. The fourth-order valence-corrected chi connectivity index (χ4v) is 2.06. The second kappa shape index (κ2) is 6.56. The topological polar surface area (TPSA) is 177 Å². The van der Waals surface area contributed by atoms with Crippen molar-refractivity contribution in [1.29, 1.82) is 0 Å². The molecule has 7 N–H and O–H groups in total. The van der Waals surface area contributed by atoms with Gasteiger partial charge in [-0.2, -0.15) is 0 Å². The molecule has 0 radical (unpaired) electrons. The van der Waals surface area contributed by atoms with E-state index in [1.807, 2.05) is 0 Å². The molecule has 0 unspecified atom stereocenters. The molecule has 1 aromatic rings. The average molecular weight is 332 g/mol. The van der Waals surface area contributed by atoms with E-state index < -0.39 is 60.5 Å². The summed E-state index contributed by atoms with van der Waals surface area (Å²) in [7, 11) is 0. The summed E-state index contributed by atoms with van der Waals surface area (Å²) in [5.41, 5.74) is -0.366. The van der Waals surface area contributed by atoms with Crippen LogP contribution in [0.25, 0.3) is 0 Å². The van der Waals surface area contributed by atoms with E-state index in [-0.39, 0.29) is 5.56 Å². The van der Waals surface area contributed by atoms with Crippen LogP contribution in [0.5, 0.6) is 17.2 Å². The Kier molecular flexibility index (Phi) is 4.92. The van der Waals surface area contributed by atoms with Crippen molar-refractivity contribution in [2.75, 3.05) is 6.61 Å². The predicted octanol–water partition coefficient (Wildman–Crippen LogP) is -2.24. The van der Waals surface area contributed by atoms with Crippen molar-refractivity contribution in [3.8, 4) is 17.2 Å². The van der Waals surface area contributed by atoms with Crippen molar-refractivity contribution in [3.63, 3.8) is 0 Å². The second-order valence-corrected chi connectivity index (χ2v) is 4.97. The van der Waals surface area contributed by atoms with E-state index >= 15 is 0 Å². The molecule has 0 saturated carbocycles. The quantitative estimate of drug-likeness (QED) is 0.236. The van der Waals surface area contributed by atoms with Gasteiger partial charge in [0.1, 0.15) is 24.4 Å². The first kappa shape index (κ1) is 17.2. The summed E-state index contributed by atoms with van der Waals surface area (Å²) in [6.07, 6.45) is -8.06. The highest BCUT2D eigenvalue weighted by molar-refractivity contribution is 5.91. The van der Waals surface area contributed by atoms with E-state index in [1.54, 1.807) is 0 Å². The minimum atomic E-state index is -1.78. The molecule has 5 atom stereocenters. The maximum Gasteiger partial charge on any atom is 0.340 e. The summed E-state index contributed by atoms with van der Waals surface area (Å²) in [5.74, 6) is -3.52. The number of aromatic hydroxyl groups is 3. The summed E-state index contributed by atoms with van der Waals surface area (Å²) >= 11 is 0. The molecule has 1 fully saturated rings. The van der Waals surface area contributed by atoms with Crippen LogP contribution in [0.1, 0.15) is 10.4 Å². The van der Waals surface area contributed by atoms with Crippen LogP contribution in [-0.4, -0.2) is 79.0 Å². The van der Waals surface area contributed by atoms with Crippen molar-refractivity contribution >= 4 is 5.97 Å². The molecule has 0 aliphatic carbocycles. The highest BCUT2D eigenvalue weighted by Crippen LogP contribution is 2.35. The molecule has 1 aliphatic rings. The molecule has 1 saturated heterocycles. The maximum atomic E-state index is 11.9. The van der Waals surface area contributed by atoms with E-state index in [0.29, 0.717) is 0 Å². The van der Waals surface area contributed by atoms with E-state index in [1.165, 1.54) is 0 Å². The summed E-state index contributed by atoms with van der Waals surface area (Å²) in [4.78, 5) is 11.9. The number of carbonyl (C=O) groups is 1. The van der Waals surface area contributed by atoms with Crippen molar-refractivity contribution < 1.29 is 50.0 Å². The van der Waals surface area contributed by atoms with Crippen LogP contribution >= 0.6 is 0 Å². The lowest BCUT2D eigenvalue weighted by molar-refractivity contribution is -0.285. The van der Waals surface area contributed by atoms with E-state index in [4.69, 9.17) is 14.6 Å². The Labute approximate surface area is 129 Å². The third-order valence-electron chi connectivity index (χ3n) is 3.38. The van der Waals surface area contributed by atoms with E-state index in [0.717, 1.165) is 12.1 Å². The number of phenols is 3. The number of benzene rings is 1. The lowest BCUT2D eigenvalue weighted by atomic mass is 9.99. The molecule has 1 aliphatic heterocycles. The van der Waals surface area contributed by atoms with Gasteiger partial charge in [-0.15, -0.1) is 0 Å². The molecule has 0 bridgehead atoms. The van der Waals surface area contributed by atoms with Crippen molar-refractivity contribution in [2.45, 2.75) is 30.7 Å². The Hall–Kier alpha value is -2.11. The molecule has 10 heteroatoms. The zero-order valence-electron chi connectivity index (χ0n) is 11.6. The Balaban J connectivity index is 2.16. The molecule has 0 aromatic heterocycles. The van der Waals surface area contributed by atoms with Gasteiger partial charge in [0.15, 0.2) is 17.2 Å². The van der Waals surface area contributed by atoms with Crippen LogP contribution < -0.4 is 0 Å². The molecule has 1 heterocycles. The van der Waals surface area contributed by atoms with Crippen LogP contribution in [-0.2, 0) is 9.47 Å². The zero-order chi connectivity index (χ0) is 17.3. The summed E-state index contributed by atoms with van der Waals surface area (Å²) in [6.45, 7) is -0.695. The van der Waals surface area contributed by atoms with Gasteiger partial charge in [0.25, 0.3) is 0 Å². The first-order valence-electron chi connectivity index (χ1n) is 6.52. The standard InChI is InChI=1S/C13H16O10/c14-3-7-9(18)10(19)11(20)13(22-7)23-12(21)4-1-5(15)8(17)6(16)2-4/h1-2,7,9-11,13-20H,3H2/t7-,9+,10+,11-,13+/m0/s1. The number of hydrogen-bond acceptors (Lipinski definition) is 10. The number of aliphatic hydroxyl groups is 4. The number of phenolic OH excluding ortho intramolecular Hbond substituents is 3. The lowest BCUT2D eigenvalue weighted by Crippen LogP contribution is -2.59. The van der Waals surface area contributed by atoms with Gasteiger partial charge in [-0.1, -0.05) is 0 Å². The third-order valence-corrected chi connectivity index (χ3v) is 3.38. The van der Waals surface area contributed by atoms with E-state index in [9.17, 15) is 35.4 Å². The molecule has 128 valence electrons. The molecular weight excluding hydrogens is 316 g/mol. The second-order valence-electron chi connectivity index (χ2n) is 4.97. The molecule has 2 rings (SSSR count). The molecule has 0 spiro atoms. The van der Waals surface area contributed by atoms with Crippen molar-refractivity contribution in [1.82, 2.24) is 0 Å². The predicted molar refractivity (Wildman–Crippen MR) is 70.6 cm³/mol.